The largest absolute Gasteiger partial charge is 0.125 e. The van der Waals surface area contributed by atoms with Crippen LogP contribution < -0.4 is 0 Å². The Morgan fingerprint density at radius 2 is 1.06 bits per heavy atom. The number of hydrogen-bond donors (Lipinski definition) is 0. The summed E-state index contributed by atoms with van der Waals surface area (Å²) in [4.78, 5) is 0. The van der Waals surface area contributed by atoms with Gasteiger partial charge in [0.05, 0.1) is 0 Å². The van der Waals surface area contributed by atoms with Gasteiger partial charge in [0.1, 0.15) is 0 Å². The van der Waals surface area contributed by atoms with Crippen molar-refractivity contribution in [3.63, 3.8) is 0 Å². The van der Waals surface area contributed by atoms with Gasteiger partial charge in [-0.2, -0.15) is 0 Å². The molecule has 0 nitrogen and oxygen atoms in total. The highest BCUT2D eigenvalue weighted by Crippen LogP contribution is 2.14. The average Bonchev–Trinajstić information content (AvgIpc) is 2.39. The number of rotatable bonds is 14. The van der Waals surface area contributed by atoms with Gasteiger partial charge in [0.15, 0.2) is 0 Å². The molecule has 0 unspecified atom stereocenters. The van der Waals surface area contributed by atoms with Crippen LogP contribution in [0.3, 0.4) is 0 Å². The molecule has 0 aromatic carbocycles. The van der Waals surface area contributed by atoms with Crippen molar-refractivity contribution in [3.05, 3.63) is 0 Å². The van der Waals surface area contributed by atoms with Gasteiger partial charge >= 0.3 is 0 Å². The van der Waals surface area contributed by atoms with E-state index in [-0.39, 0.29) is 5.38 Å². The van der Waals surface area contributed by atoms with Crippen LogP contribution in [0.15, 0.2) is 0 Å². The maximum Gasteiger partial charge on any atom is 0.0471 e. The summed E-state index contributed by atoms with van der Waals surface area (Å²) in [5.74, 6) is 0.597. The second kappa shape index (κ2) is 15.6. The van der Waals surface area contributed by atoms with Crippen LogP contribution in [-0.4, -0.2) is 11.3 Å². The summed E-state index contributed by atoms with van der Waals surface area (Å²) in [6, 6.07) is 0. The Balaban J connectivity index is 2.94. The van der Waals surface area contributed by atoms with Crippen LogP contribution in [0.25, 0.3) is 0 Å². The second-order valence-electron chi connectivity index (χ2n) is 5.43. The smallest absolute Gasteiger partial charge is 0.0471 e. The monoisotopic (exact) mass is 294 g/mol. The Morgan fingerprint density at radius 3 is 1.44 bits per heavy atom. The number of hydrogen-bond acceptors (Lipinski definition) is 0. The Labute approximate surface area is 125 Å². The van der Waals surface area contributed by atoms with Gasteiger partial charge in [0, 0.05) is 11.3 Å². The molecule has 0 aliphatic rings. The Kier molecular flexibility index (Phi) is 16.1. The summed E-state index contributed by atoms with van der Waals surface area (Å²) in [6.07, 6.45) is 17.9. The van der Waals surface area contributed by atoms with Crippen molar-refractivity contribution < 1.29 is 0 Å². The molecular weight excluding hydrogens is 263 g/mol. The van der Waals surface area contributed by atoms with Crippen molar-refractivity contribution in [3.8, 4) is 0 Å². The molecule has 1 atom stereocenters. The maximum atomic E-state index is 5.97. The summed E-state index contributed by atoms with van der Waals surface area (Å²) >= 11 is 11.6. The van der Waals surface area contributed by atoms with E-state index in [1.807, 2.05) is 0 Å². The molecule has 0 radical (unpaired) electrons. The van der Waals surface area contributed by atoms with E-state index in [1.165, 1.54) is 77.0 Å². The summed E-state index contributed by atoms with van der Waals surface area (Å²) < 4.78 is 0. The van der Waals surface area contributed by atoms with E-state index in [0.29, 0.717) is 5.88 Å². The number of unbranched alkanes of at least 4 members (excludes halogenated alkanes) is 11. The SMILES string of the molecule is CCCCCCCCCCCCCC[C@@H](Cl)CCl. The van der Waals surface area contributed by atoms with Crippen LogP contribution in [0.4, 0.5) is 0 Å². The zero-order valence-electron chi connectivity index (χ0n) is 12.2. The minimum atomic E-state index is 0.190. The van der Waals surface area contributed by atoms with Crippen LogP contribution in [0.1, 0.15) is 90.4 Å². The van der Waals surface area contributed by atoms with Crippen LogP contribution in [0.2, 0.25) is 0 Å². The molecule has 0 bridgehead atoms. The molecule has 0 N–H and O–H groups in total. The van der Waals surface area contributed by atoms with Crippen molar-refractivity contribution in [2.24, 2.45) is 0 Å². The fourth-order valence-electron chi connectivity index (χ4n) is 2.28. The fraction of sp³-hybridized carbons (Fsp3) is 1.00. The molecule has 0 rings (SSSR count). The molecule has 2 heteroatoms. The van der Waals surface area contributed by atoms with Crippen LogP contribution in [0.5, 0.6) is 0 Å². The molecule has 0 aliphatic heterocycles. The standard InChI is InChI=1S/C16H32Cl2/c1-2-3-4-5-6-7-8-9-10-11-12-13-14-16(18)15-17/h16H,2-15H2,1H3/t16-/m1/s1. The molecule has 0 saturated heterocycles. The zero-order chi connectivity index (χ0) is 13.5. The van der Waals surface area contributed by atoms with Crippen LogP contribution in [-0.2, 0) is 0 Å². The third-order valence-corrected chi connectivity index (χ3v) is 4.44. The maximum absolute atomic E-state index is 5.97. The zero-order valence-corrected chi connectivity index (χ0v) is 13.7. The first-order chi connectivity index (χ1) is 8.81. The topological polar surface area (TPSA) is 0 Å². The lowest BCUT2D eigenvalue weighted by atomic mass is 10.0. The Morgan fingerprint density at radius 1 is 0.667 bits per heavy atom. The molecule has 18 heavy (non-hydrogen) atoms. The van der Waals surface area contributed by atoms with Gasteiger partial charge in [-0.1, -0.05) is 84.0 Å². The predicted octanol–water partition coefficient (Wildman–Crippen LogP) is 6.92. The van der Waals surface area contributed by atoms with E-state index >= 15 is 0 Å². The van der Waals surface area contributed by atoms with E-state index in [9.17, 15) is 0 Å². The van der Waals surface area contributed by atoms with E-state index in [2.05, 4.69) is 6.92 Å². The molecule has 0 aliphatic carbocycles. The Bertz CT molecular complexity index is 148. The van der Waals surface area contributed by atoms with Gasteiger partial charge in [-0.25, -0.2) is 0 Å². The van der Waals surface area contributed by atoms with Crippen molar-refractivity contribution in [2.75, 3.05) is 5.88 Å². The molecule has 0 amide bonds. The molecule has 0 aromatic rings. The first-order valence-electron chi connectivity index (χ1n) is 8.01. The molecule has 0 aromatic heterocycles. The molecule has 0 fully saturated rings. The quantitative estimate of drug-likeness (QED) is 0.241. The lowest BCUT2D eigenvalue weighted by molar-refractivity contribution is 0.539. The van der Waals surface area contributed by atoms with E-state index in [1.54, 1.807) is 0 Å². The second-order valence-corrected chi connectivity index (χ2v) is 6.36. The molecule has 0 saturated carbocycles. The third kappa shape index (κ3) is 14.6. The lowest BCUT2D eigenvalue weighted by Crippen LogP contribution is -1.99. The van der Waals surface area contributed by atoms with Crippen LogP contribution in [0, 0.1) is 0 Å². The summed E-state index contributed by atoms with van der Waals surface area (Å²) in [7, 11) is 0. The summed E-state index contributed by atoms with van der Waals surface area (Å²) in [5, 5.41) is 0.190. The van der Waals surface area contributed by atoms with E-state index in [0.717, 1.165) is 6.42 Å². The van der Waals surface area contributed by atoms with Gasteiger partial charge in [-0.3, -0.25) is 0 Å². The lowest BCUT2D eigenvalue weighted by Gasteiger charge is -2.05. The van der Waals surface area contributed by atoms with Crippen molar-refractivity contribution in [1.82, 2.24) is 0 Å². The van der Waals surface area contributed by atoms with Gasteiger partial charge in [-0.15, -0.1) is 23.2 Å². The Hall–Kier alpha value is 0.580. The molecular formula is C16H32Cl2. The van der Waals surface area contributed by atoms with Crippen molar-refractivity contribution >= 4 is 23.2 Å². The highest BCUT2D eigenvalue weighted by Gasteiger charge is 2.01. The number of alkyl halides is 2. The van der Waals surface area contributed by atoms with E-state index < -0.39 is 0 Å². The van der Waals surface area contributed by atoms with Crippen LogP contribution >= 0.6 is 23.2 Å². The molecule has 0 spiro atoms. The minimum absolute atomic E-state index is 0.190. The van der Waals surface area contributed by atoms with Gasteiger partial charge in [0.2, 0.25) is 0 Å². The first-order valence-corrected chi connectivity index (χ1v) is 8.98. The normalized spacial score (nSPS) is 12.8. The minimum Gasteiger partial charge on any atom is -0.125 e. The summed E-state index contributed by atoms with van der Waals surface area (Å²) in [6.45, 7) is 2.28. The highest BCUT2D eigenvalue weighted by atomic mass is 35.5. The third-order valence-electron chi connectivity index (χ3n) is 3.54. The fourth-order valence-corrected chi connectivity index (χ4v) is 2.59. The highest BCUT2D eigenvalue weighted by molar-refractivity contribution is 6.28. The first kappa shape index (κ1) is 18.6. The van der Waals surface area contributed by atoms with Gasteiger partial charge in [-0.05, 0) is 6.42 Å². The molecule has 110 valence electrons. The van der Waals surface area contributed by atoms with E-state index in [4.69, 9.17) is 23.2 Å². The summed E-state index contributed by atoms with van der Waals surface area (Å²) in [5.41, 5.74) is 0. The van der Waals surface area contributed by atoms with Crippen molar-refractivity contribution in [2.45, 2.75) is 95.8 Å². The van der Waals surface area contributed by atoms with Crippen molar-refractivity contribution in [1.29, 1.82) is 0 Å². The van der Waals surface area contributed by atoms with Gasteiger partial charge < -0.3 is 0 Å². The average molecular weight is 295 g/mol. The van der Waals surface area contributed by atoms with Gasteiger partial charge in [0.25, 0.3) is 0 Å². The molecule has 0 heterocycles. The predicted molar refractivity (Wildman–Crippen MR) is 86.1 cm³/mol. The number of halogens is 2.